The van der Waals surface area contributed by atoms with Crippen LogP contribution in [-0.4, -0.2) is 5.11 Å². The molecule has 0 unspecified atom stereocenters. The molecule has 3 N–H and O–H groups in total. The van der Waals surface area contributed by atoms with Gasteiger partial charge in [0.05, 0.1) is 5.92 Å². The summed E-state index contributed by atoms with van der Waals surface area (Å²) in [5.41, 5.74) is 7.48. The van der Waals surface area contributed by atoms with Crippen molar-refractivity contribution in [2.75, 3.05) is 0 Å². The van der Waals surface area contributed by atoms with Crippen LogP contribution >= 0.6 is 0 Å². The number of fused-ring (bicyclic) bond motifs is 1. The number of hydrogen-bond acceptors (Lipinski definition) is 6. The Hall–Kier alpha value is -3.04. The molecule has 2 aromatic rings. The zero-order valence-electron chi connectivity index (χ0n) is 13.9. The Balaban J connectivity index is 2.21. The molecule has 25 heavy (non-hydrogen) atoms. The van der Waals surface area contributed by atoms with E-state index in [0.29, 0.717) is 5.92 Å². The second-order valence-corrected chi connectivity index (χ2v) is 6.17. The molecule has 6 nitrogen and oxygen atoms in total. The van der Waals surface area contributed by atoms with E-state index >= 15 is 0 Å². The van der Waals surface area contributed by atoms with Crippen LogP contribution in [0.5, 0.6) is 5.75 Å². The highest BCUT2D eigenvalue weighted by atomic mass is 16.5. The molecule has 0 radical (unpaired) electrons. The van der Waals surface area contributed by atoms with E-state index in [9.17, 15) is 15.2 Å². The molecule has 0 saturated heterocycles. The van der Waals surface area contributed by atoms with Gasteiger partial charge >= 0.3 is 0 Å². The summed E-state index contributed by atoms with van der Waals surface area (Å²) < 4.78 is 11.0. The predicted molar refractivity (Wildman–Crippen MR) is 90.7 cm³/mol. The maximum atomic E-state index is 12.2. The van der Waals surface area contributed by atoms with Crippen LogP contribution in [0.4, 0.5) is 0 Å². The van der Waals surface area contributed by atoms with Crippen molar-refractivity contribution in [3.63, 3.8) is 0 Å². The van der Waals surface area contributed by atoms with Crippen molar-refractivity contribution in [3.05, 3.63) is 74.7 Å². The van der Waals surface area contributed by atoms with Crippen LogP contribution in [0.25, 0.3) is 0 Å². The molecule has 1 aliphatic rings. The van der Waals surface area contributed by atoms with Gasteiger partial charge in [0.15, 0.2) is 5.76 Å². The molecule has 3 rings (SSSR count). The van der Waals surface area contributed by atoms with Gasteiger partial charge in [0, 0.05) is 6.07 Å². The molecule has 0 saturated carbocycles. The molecule has 6 heteroatoms. The van der Waals surface area contributed by atoms with Crippen LogP contribution in [0.15, 0.2) is 51.0 Å². The Morgan fingerprint density at radius 2 is 2.00 bits per heavy atom. The number of ether oxygens (including phenoxy) is 1. The summed E-state index contributed by atoms with van der Waals surface area (Å²) in [4.78, 5) is 12.2. The van der Waals surface area contributed by atoms with E-state index in [4.69, 9.17) is 14.9 Å². The molecule has 0 fully saturated rings. The van der Waals surface area contributed by atoms with Gasteiger partial charge in [0.25, 0.3) is 0 Å². The lowest BCUT2D eigenvalue weighted by molar-refractivity contribution is 0.231. The van der Waals surface area contributed by atoms with E-state index in [1.807, 2.05) is 30.3 Å². The van der Waals surface area contributed by atoms with Gasteiger partial charge in [-0.05, 0) is 17.0 Å². The maximum Gasteiger partial charge on any atom is 0.228 e. The van der Waals surface area contributed by atoms with Crippen molar-refractivity contribution in [1.29, 1.82) is 5.26 Å². The normalized spacial score (nSPS) is 16.4. The standard InChI is InChI=1S/C19H18N2O4/c1-10(2)11-3-5-12(6-4-11)16-14(8-20)19(21)25-17-15(23)7-13(9-22)24-18(16)17/h3-7,10,16,22H,9,21H2,1-2H3/t16-/m0/s1. The monoisotopic (exact) mass is 338 g/mol. The Bertz CT molecular complexity index is 933. The smallest absolute Gasteiger partial charge is 0.228 e. The maximum absolute atomic E-state index is 12.2. The number of nitrogens with two attached hydrogens (primary N) is 1. The first kappa shape index (κ1) is 16.8. The molecule has 1 aliphatic heterocycles. The molecule has 128 valence electrons. The van der Waals surface area contributed by atoms with Crippen LogP contribution < -0.4 is 15.9 Å². The fourth-order valence-electron chi connectivity index (χ4n) is 2.87. The van der Waals surface area contributed by atoms with Gasteiger partial charge in [-0.2, -0.15) is 5.26 Å². The molecule has 1 aromatic heterocycles. The lowest BCUT2D eigenvalue weighted by atomic mass is 9.86. The fourth-order valence-corrected chi connectivity index (χ4v) is 2.87. The highest BCUT2D eigenvalue weighted by Crippen LogP contribution is 2.41. The third-order valence-electron chi connectivity index (χ3n) is 4.22. The number of hydrogen-bond donors (Lipinski definition) is 2. The first-order valence-electron chi connectivity index (χ1n) is 7.91. The summed E-state index contributed by atoms with van der Waals surface area (Å²) in [5.74, 6) is -0.169. The van der Waals surface area contributed by atoms with Crippen molar-refractivity contribution >= 4 is 0 Å². The highest BCUT2D eigenvalue weighted by molar-refractivity contribution is 5.52. The third-order valence-corrected chi connectivity index (χ3v) is 4.22. The minimum absolute atomic E-state index is 0.0494. The summed E-state index contributed by atoms with van der Waals surface area (Å²) in [7, 11) is 0. The SMILES string of the molecule is CC(C)c1ccc([C@H]2C(C#N)=C(N)Oc3c2oc(CO)cc3=O)cc1. The highest BCUT2D eigenvalue weighted by Gasteiger charge is 2.35. The Kier molecular flexibility index (Phi) is 4.34. The molecule has 2 heterocycles. The first-order valence-corrected chi connectivity index (χ1v) is 7.91. The summed E-state index contributed by atoms with van der Waals surface area (Å²) in [6.45, 7) is 3.75. The first-order chi connectivity index (χ1) is 12.0. The second-order valence-electron chi connectivity index (χ2n) is 6.17. The number of nitrogens with zero attached hydrogens (tertiary/aromatic N) is 1. The van der Waals surface area contributed by atoms with Gasteiger partial charge in [-0.15, -0.1) is 0 Å². The van der Waals surface area contributed by atoms with E-state index in [0.717, 1.165) is 17.2 Å². The molecule has 0 aliphatic carbocycles. The van der Waals surface area contributed by atoms with E-state index in [1.165, 1.54) is 0 Å². The number of nitriles is 1. The largest absolute Gasteiger partial charge is 0.458 e. The molecule has 0 spiro atoms. The van der Waals surface area contributed by atoms with E-state index in [-0.39, 0.29) is 28.7 Å². The minimum Gasteiger partial charge on any atom is -0.458 e. The van der Waals surface area contributed by atoms with Gasteiger partial charge < -0.3 is 20.0 Å². The average Bonchev–Trinajstić information content (AvgIpc) is 2.61. The van der Waals surface area contributed by atoms with Crippen LogP contribution in [0, 0.1) is 11.3 Å². The van der Waals surface area contributed by atoms with Crippen molar-refractivity contribution in [2.24, 2.45) is 5.73 Å². The minimum atomic E-state index is -0.658. The molecule has 1 atom stereocenters. The lowest BCUT2D eigenvalue weighted by Crippen LogP contribution is -2.25. The number of benzene rings is 1. The van der Waals surface area contributed by atoms with Crippen molar-refractivity contribution in [1.82, 2.24) is 0 Å². The number of rotatable bonds is 3. The quantitative estimate of drug-likeness (QED) is 0.890. The Morgan fingerprint density at radius 3 is 2.56 bits per heavy atom. The van der Waals surface area contributed by atoms with Crippen LogP contribution in [-0.2, 0) is 6.61 Å². The molecule has 1 aromatic carbocycles. The Morgan fingerprint density at radius 1 is 1.32 bits per heavy atom. The molecular weight excluding hydrogens is 320 g/mol. The van der Waals surface area contributed by atoms with Gasteiger partial charge in [-0.25, -0.2) is 0 Å². The van der Waals surface area contributed by atoms with E-state index < -0.39 is 18.0 Å². The van der Waals surface area contributed by atoms with Crippen LogP contribution in [0.3, 0.4) is 0 Å². The number of aliphatic hydroxyl groups is 1. The van der Waals surface area contributed by atoms with Gasteiger partial charge in [0.1, 0.15) is 24.0 Å². The van der Waals surface area contributed by atoms with Gasteiger partial charge in [-0.3, -0.25) is 4.79 Å². The van der Waals surface area contributed by atoms with Crippen LogP contribution in [0.2, 0.25) is 0 Å². The topological polar surface area (TPSA) is 109 Å². The predicted octanol–water partition coefficient (Wildman–Crippen LogP) is 2.47. The summed E-state index contributed by atoms with van der Waals surface area (Å²) in [6.07, 6.45) is 0. The summed E-state index contributed by atoms with van der Waals surface area (Å²) in [5, 5.41) is 18.8. The van der Waals surface area contributed by atoms with E-state index in [2.05, 4.69) is 13.8 Å². The second kappa shape index (κ2) is 6.46. The number of aliphatic hydroxyl groups excluding tert-OH is 1. The van der Waals surface area contributed by atoms with E-state index in [1.54, 1.807) is 0 Å². The molecule has 0 amide bonds. The van der Waals surface area contributed by atoms with Crippen molar-refractivity contribution in [3.8, 4) is 11.8 Å². The van der Waals surface area contributed by atoms with Gasteiger partial charge in [0.2, 0.25) is 17.1 Å². The third kappa shape index (κ3) is 2.90. The zero-order valence-corrected chi connectivity index (χ0v) is 13.9. The summed E-state index contributed by atoms with van der Waals surface area (Å²) >= 11 is 0. The van der Waals surface area contributed by atoms with Crippen LogP contribution in [0.1, 0.15) is 48.3 Å². The van der Waals surface area contributed by atoms with Gasteiger partial charge in [-0.1, -0.05) is 38.1 Å². The van der Waals surface area contributed by atoms with Crippen molar-refractivity contribution in [2.45, 2.75) is 32.3 Å². The molecule has 0 bridgehead atoms. The van der Waals surface area contributed by atoms with Crippen molar-refractivity contribution < 1.29 is 14.3 Å². The zero-order chi connectivity index (χ0) is 18.1. The Labute approximate surface area is 144 Å². The lowest BCUT2D eigenvalue weighted by Gasteiger charge is -2.25. The number of allylic oxidation sites excluding steroid dienone is 1. The summed E-state index contributed by atoms with van der Waals surface area (Å²) in [6, 6.07) is 10.9. The average molecular weight is 338 g/mol. The fraction of sp³-hybridized carbons (Fsp3) is 0.263. The molecular formula is C19H18N2O4.